The number of hydrogen-bond donors (Lipinski definition) is 3. The van der Waals surface area contributed by atoms with Crippen LogP contribution in [0.15, 0.2) is 64.2 Å². The highest BCUT2D eigenvalue weighted by atomic mass is 16.2. The zero-order chi connectivity index (χ0) is 26.9. The van der Waals surface area contributed by atoms with E-state index in [1.807, 2.05) is 59.2 Å². The molecule has 0 aliphatic rings. The van der Waals surface area contributed by atoms with E-state index in [2.05, 4.69) is 22.2 Å². The summed E-state index contributed by atoms with van der Waals surface area (Å²) in [7, 11) is 0. The van der Waals surface area contributed by atoms with Gasteiger partial charge >= 0.3 is 5.69 Å². The van der Waals surface area contributed by atoms with Crippen molar-refractivity contribution in [3.63, 3.8) is 0 Å². The van der Waals surface area contributed by atoms with Crippen LogP contribution in [0.25, 0.3) is 11.2 Å². The Morgan fingerprint density at radius 1 is 0.947 bits per heavy atom. The van der Waals surface area contributed by atoms with E-state index in [9.17, 15) is 14.4 Å². The lowest BCUT2D eigenvalue weighted by Gasteiger charge is -2.13. The topological polar surface area (TPSA) is 128 Å². The van der Waals surface area contributed by atoms with Crippen molar-refractivity contribution in [3.05, 3.63) is 92.4 Å². The first kappa shape index (κ1) is 27.1. The maximum atomic E-state index is 12.9. The molecule has 2 aromatic heterocycles. The normalized spacial score (nSPS) is 11.2. The predicted molar refractivity (Wildman–Crippen MR) is 150 cm³/mol. The first-order valence-corrected chi connectivity index (χ1v) is 13.3. The molecule has 0 saturated carbocycles. The van der Waals surface area contributed by atoms with Crippen LogP contribution in [0.2, 0.25) is 0 Å². The summed E-state index contributed by atoms with van der Waals surface area (Å²) in [5.41, 5.74) is 8.29. The number of aryl methyl sites for hydroxylation is 3. The largest absolute Gasteiger partial charge is 0.330 e. The van der Waals surface area contributed by atoms with Gasteiger partial charge in [0.1, 0.15) is 11.5 Å². The SMILES string of the molecule is CCCn1c(Cc2ccccc2)nc2c(=O)[nH]c(=O)n(CCc3ccc(NC(=O)CCCCCN)cc3)c21. The van der Waals surface area contributed by atoms with Crippen LogP contribution in [-0.2, 0) is 30.7 Å². The van der Waals surface area contributed by atoms with Gasteiger partial charge in [0.05, 0.1) is 0 Å². The summed E-state index contributed by atoms with van der Waals surface area (Å²) in [4.78, 5) is 44.9. The van der Waals surface area contributed by atoms with Gasteiger partial charge in [-0.2, -0.15) is 0 Å². The summed E-state index contributed by atoms with van der Waals surface area (Å²) in [5, 5.41) is 2.93. The van der Waals surface area contributed by atoms with Crippen LogP contribution in [0.5, 0.6) is 0 Å². The summed E-state index contributed by atoms with van der Waals surface area (Å²) in [6.45, 7) is 3.76. The van der Waals surface area contributed by atoms with Crippen LogP contribution in [0.3, 0.4) is 0 Å². The number of nitrogens with one attached hydrogen (secondary N) is 2. The van der Waals surface area contributed by atoms with Crippen molar-refractivity contribution in [3.8, 4) is 0 Å². The molecule has 200 valence electrons. The third-order valence-corrected chi connectivity index (χ3v) is 6.58. The number of nitrogens with zero attached hydrogens (tertiary/aromatic N) is 3. The van der Waals surface area contributed by atoms with Gasteiger partial charge in [0.15, 0.2) is 5.52 Å². The standard InChI is InChI=1S/C29H36N6O3/c1-2-18-34-24(20-22-9-5-3-6-10-22)32-26-27(37)33-29(38)35(28(26)34)19-16-21-12-14-23(15-13-21)31-25(36)11-7-4-8-17-30/h3,5-6,9-10,12-15H,2,4,7-8,11,16-20,30H2,1H3,(H,31,36)(H,33,37,38). The molecule has 2 aromatic carbocycles. The molecular weight excluding hydrogens is 480 g/mol. The molecule has 1 amide bonds. The molecular formula is C29H36N6O3. The molecule has 4 N–H and O–H groups in total. The van der Waals surface area contributed by atoms with Crippen LogP contribution < -0.4 is 22.3 Å². The van der Waals surface area contributed by atoms with Gasteiger partial charge in [-0.3, -0.25) is 19.1 Å². The number of nitrogens with two attached hydrogens (primary N) is 1. The smallest absolute Gasteiger partial charge is 0.330 e. The third-order valence-electron chi connectivity index (χ3n) is 6.58. The zero-order valence-electron chi connectivity index (χ0n) is 21.9. The monoisotopic (exact) mass is 516 g/mol. The molecule has 9 nitrogen and oxygen atoms in total. The summed E-state index contributed by atoms with van der Waals surface area (Å²) < 4.78 is 3.62. The Morgan fingerprint density at radius 3 is 2.42 bits per heavy atom. The molecule has 4 rings (SSSR count). The van der Waals surface area contributed by atoms with Crippen LogP contribution >= 0.6 is 0 Å². The fourth-order valence-corrected chi connectivity index (χ4v) is 4.64. The maximum absolute atomic E-state index is 12.9. The molecule has 0 aliphatic carbocycles. The molecule has 0 bridgehead atoms. The van der Waals surface area contributed by atoms with Gasteiger partial charge in [-0.25, -0.2) is 9.78 Å². The van der Waals surface area contributed by atoms with Crippen molar-refractivity contribution in [2.75, 3.05) is 11.9 Å². The Morgan fingerprint density at radius 2 is 1.71 bits per heavy atom. The highest BCUT2D eigenvalue weighted by Gasteiger charge is 2.18. The number of carbonyl (C=O) groups excluding carboxylic acids is 1. The summed E-state index contributed by atoms with van der Waals surface area (Å²) in [6, 6.07) is 17.6. The molecule has 0 fully saturated rings. The molecule has 38 heavy (non-hydrogen) atoms. The molecule has 0 atom stereocenters. The molecule has 0 spiro atoms. The van der Waals surface area contributed by atoms with Gasteiger partial charge in [-0.05, 0) is 55.5 Å². The van der Waals surface area contributed by atoms with Gasteiger partial charge in [-0.1, -0.05) is 55.8 Å². The number of imidazole rings is 1. The lowest BCUT2D eigenvalue weighted by molar-refractivity contribution is -0.116. The van der Waals surface area contributed by atoms with Crippen LogP contribution in [-0.4, -0.2) is 31.6 Å². The maximum Gasteiger partial charge on any atom is 0.330 e. The molecule has 0 aliphatic heterocycles. The second-order valence-corrected chi connectivity index (χ2v) is 9.52. The molecule has 2 heterocycles. The highest BCUT2D eigenvalue weighted by Crippen LogP contribution is 2.18. The number of aromatic amines is 1. The number of fused-ring (bicyclic) bond motifs is 1. The quantitative estimate of drug-likeness (QED) is 0.234. The van der Waals surface area contributed by atoms with Crippen LogP contribution in [0, 0.1) is 0 Å². The van der Waals surface area contributed by atoms with E-state index in [1.165, 1.54) is 0 Å². The minimum Gasteiger partial charge on any atom is -0.330 e. The molecule has 4 aromatic rings. The number of anilines is 1. The minimum atomic E-state index is -0.464. The lowest BCUT2D eigenvalue weighted by Crippen LogP contribution is -2.32. The number of H-pyrrole nitrogens is 1. The molecule has 0 radical (unpaired) electrons. The number of hydrogen-bond acceptors (Lipinski definition) is 5. The highest BCUT2D eigenvalue weighted by molar-refractivity contribution is 5.90. The fraction of sp³-hybridized carbons (Fsp3) is 0.379. The average Bonchev–Trinajstić information content (AvgIpc) is 3.26. The van der Waals surface area contributed by atoms with Crippen molar-refractivity contribution < 1.29 is 4.79 Å². The first-order chi connectivity index (χ1) is 18.5. The van der Waals surface area contributed by atoms with Gasteiger partial charge in [0.2, 0.25) is 5.91 Å². The van der Waals surface area contributed by atoms with E-state index in [0.717, 1.165) is 48.3 Å². The second-order valence-electron chi connectivity index (χ2n) is 9.52. The molecule has 9 heteroatoms. The minimum absolute atomic E-state index is 0.00699. The number of aromatic nitrogens is 4. The van der Waals surface area contributed by atoms with E-state index < -0.39 is 11.2 Å². The number of benzene rings is 2. The number of unbranched alkanes of at least 4 members (excludes halogenated alkanes) is 2. The second kappa shape index (κ2) is 13.0. The van der Waals surface area contributed by atoms with Crippen molar-refractivity contribution >= 4 is 22.8 Å². The van der Waals surface area contributed by atoms with E-state index in [1.54, 1.807) is 4.57 Å². The lowest BCUT2D eigenvalue weighted by atomic mass is 10.1. The number of rotatable bonds is 13. The van der Waals surface area contributed by atoms with E-state index in [4.69, 9.17) is 5.73 Å². The number of amides is 1. The van der Waals surface area contributed by atoms with Crippen LogP contribution in [0.1, 0.15) is 56.0 Å². The fourth-order valence-electron chi connectivity index (χ4n) is 4.64. The predicted octanol–water partition coefficient (Wildman–Crippen LogP) is 3.59. The summed E-state index contributed by atoms with van der Waals surface area (Å²) >= 11 is 0. The Kier molecular flexibility index (Phi) is 9.26. The van der Waals surface area contributed by atoms with E-state index in [-0.39, 0.29) is 11.4 Å². The summed E-state index contributed by atoms with van der Waals surface area (Å²) in [6.07, 6.45) is 5.18. The third kappa shape index (κ3) is 6.66. The molecule has 0 saturated heterocycles. The Balaban J connectivity index is 1.52. The Labute approximate surface area is 221 Å². The summed E-state index contributed by atoms with van der Waals surface area (Å²) in [5.74, 6) is 0.758. The van der Waals surface area contributed by atoms with Crippen molar-refractivity contribution in [2.45, 2.75) is 65.0 Å². The average molecular weight is 517 g/mol. The molecule has 0 unspecified atom stereocenters. The van der Waals surface area contributed by atoms with Crippen LogP contribution in [0.4, 0.5) is 5.69 Å². The first-order valence-electron chi connectivity index (χ1n) is 13.3. The Hall–Kier alpha value is -3.98. The van der Waals surface area contributed by atoms with Crippen molar-refractivity contribution in [1.82, 2.24) is 19.1 Å². The zero-order valence-corrected chi connectivity index (χ0v) is 21.9. The van der Waals surface area contributed by atoms with E-state index >= 15 is 0 Å². The van der Waals surface area contributed by atoms with Gasteiger partial charge in [0.25, 0.3) is 5.56 Å². The van der Waals surface area contributed by atoms with Gasteiger partial charge in [-0.15, -0.1) is 0 Å². The van der Waals surface area contributed by atoms with Gasteiger partial charge in [0, 0.05) is 31.6 Å². The Bertz CT molecular complexity index is 1470. The number of carbonyl (C=O) groups is 1. The van der Waals surface area contributed by atoms with Crippen molar-refractivity contribution in [1.29, 1.82) is 0 Å². The van der Waals surface area contributed by atoms with E-state index in [0.29, 0.717) is 44.5 Å². The van der Waals surface area contributed by atoms with Crippen molar-refractivity contribution in [2.24, 2.45) is 5.73 Å². The van der Waals surface area contributed by atoms with Gasteiger partial charge < -0.3 is 15.6 Å².